The number of hydrogen-bond acceptors (Lipinski definition) is 4. The van der Waals surface area contributed by atoms with Gasteiger partial charge in [-0.05, 0) is 42.3 Å². The van der Waals surface area contributed by atoms with E-state index in [4.69, 9.17) is 0 Å². The number of carbonyl (C=O) groups is 1. The summed E-state index contributed by atoms with van der Waals surface area (Å²) in [6, 6.07) is 11.0. The summed E-state index contributed by atoms with van der Waals surface area (Å²) >= 11 is 0. The zero-order chi connectivity index (χ0) is 26.7. The Morgan fingerprint density at radius 1 is 0.972 bits per heavy atom. The Balaban J connectivity index is 1.79. The van der Waals surface area contributed by atoms with Gasteiger partial charge in [-0.2, -0.15) is 13.2 Å². The van der Waals surface area contributed by atoms with Gasteiger partial charge in [-0.25, -0.2) is 26.9 Å². The fourth-order valence-electron chi connectivity index (χ4n) is 3.35. The second-order valence-electron chi connectivity index (χ2n) is 8.07. The van der Waals surface area contributed by atoms with Crippen molar-refractivity contribution in [1.82, 2.24) is 15.0 Å². The third-order valence-electron chi connectivity index (χ3n) is 5.35. The van der Waals surface area contributed by atoms with E-state index in [1.165, 1.54) is 37.3 Å². The third kappa shape index (κ3) is 6.85. The number of amides is 1. The van der Waals surface area contributed by atoms with Crippen LogP contribution < -0.4 is 10.0 Å². The molecule has 2 N–H and O–H groups in total. The van der Waals surface area contributed by atoms with Crippen LogP contribution in [-0.4, -0.2) is 25.6 Å². The Morgan fingerprint density at radius 2 is 1.64 bits per heavy atom. The maximum Gasteiger partial charge on any atom is 0.433 e. The minimum Gasteiger partial charge on any atom is -0.351 e. The van der Waals surface area contributed by atoms with Gasteiger partial charge < -0.3 is 5.32 Å². The van der Waals surface area contributed by atoms with Crippen molar-refractivity contribution >= 4 is 15.9 Å². The lowest BCUT2D eigenvalue weighted by molar-refractivity contribution is -0.141. The smallest absolute Gasteiger partial charge is 0.351 e. The van der Waals surface area contributed by atoms with Crippen molar-refractivity contribution in [2.75, 3.05) is 6.26 Å². The number of hydrogen-bond donors (Lipinski definition) is 2. The normalized spacial score (nSPS) is 12.9. The van der Waals surface area contributed by atoms with Gasteiger partial charge in [0, 0.05) is 24.2 Å². The molecular weight excluding hydrogens is 505 g/mol. The van der Waals surface area contributed by atoms with Crippen LogP contribution in [0.3, 0.4) is 0 Å². The van der Waals surface area contributed by atoms with Gasteiger partial charge in [-0.3, -0.25) is 4.79 Å². The first-order valence-electron chi connectivity index (χ1n) is 10.6. The fourth-order valence-corrected chi connectivity index (χ4v) is 3.76. The molecule has 0 aliphatic rings. The molecular formula is C24H22F5N3O3S. The molecule has 12 heteroatoms. The molecule has 0 aliphatic heterocycles. The maximum atomic E-state index is 14.4. The Labute approximate surface area is 204 Å². The summed E-state index contributed by atoms with van der Waals surface area (Å²) in [5.74, 6) is -2.89. The number of benzene rings is 2. The molecule has 0 spiro atoms. The van der Waals surface area contributed by atoms with Crippen LogP contribution in [-0.2, 0) is 34.1 Å². The highest BCUT2D eigenvalue weighted by atomic mass is 32.2. The standard InChI is InChI=1S/C24H22F5N3O3S/c1-14(15-7-8-16(20(26)11-15)13-31-36(2,34)35)23(33)30-12-17-9-10-21(24(27,28)29)32-22(17)18-5-3-4-6-19(18)25/h3-11,14,31H,12-13H2,1-2H3,(H,30,33). The molecule has 1 heterocycles. The second kappa shape index (κ2) is 10.7. The molecule has 0 saturated carbocycles. The lowest BCUT2D eigenvalue weighted by Gasteiger charge is -2.16. The number of carbonyl (C=O) groups excluding carboxylic acids is 1. The molecule has 1 unspecified atom stereocenters. The van der Waals surface area contributed by atoms with E-state index in [9.17, 15) is 35.2 Å². The first kappa shape index (κ1) is 27.2. The van der Waals surface area contributed by atoms with Crippen LogP contribution >= 0.6 is 0 Å². The molecule has 1 atom stereocenters. The van der Waals surface area contributed by atoms with Crippen molar-refractivity contribution in [2.24, 2.45) is 0 Å². The summed E-state index contributed by atoms with van der Waals surface area (Å²) in [7, 11) is -3.52. The van der Waals surface area contributed by atoms with E-state index >= 15 is 0 Å². The molecule has 0 fully saturated rings. The molecule has 1 aromatic heterocycles. The summed E-state index contributed by atoms with van der Waals surface area (Å²) in [5.41, 5.74) is -1.08. The average Bonchev–Trinajstić information content (AvgIpc) is 2.80. The van der Waals surface area contributed by atoms with E-state index in [0.717, 1.165) is 30.5 Å². The van der Waals surface area contributed by atoms with Crippen LogP contribution in [0.2, 0.25) is 0 Å². The third-order valence-corrected chi connectivity index (χ3v) is 6.02. The minimum absolute atomic E-state index is 0.0853. The summed E-state index contributed by atoms with van der Waals surface area (Å²) in [4.78, 5) is 16.3. The quantitative estimate of drug-likeness (QED) is 0.422. The molecule has 36 heavy (non-hydrogen) atoms. The van der Waals surface area contributed by atoms with Crippen LogP contribution in [0.4, 0.5) is 22.0 Å². The van der Waals surface area contributed by atoms with E-state index in [-0.39, 0.29) is 35.5 Å². The van der Waals surface area contributed by atoms with Crippen LogP contribution in [0, 0.1) is 11.6 Å². The fraction of sp³-hybridized carbons (Fsp3) is 0.250. The molecule has 3 rings (SSSR count). The van der Waals surface area contributed by atoms with Gasteiger partial charge in [0.2, 0.25) is 15.9 Å². The van der Waals surface area contributed by atoms with Crippen molar-refractivity contribution in [3.05, 3.63) is 88.6 Å². The molecule has 3 aromatic rings. The summed E-state index contributed by atoms with van der Waals surface area (Å²) in [6.07, 6.45) is -3.81. The van der Waals surface area contributed by atoms with Crippen molar-refractivity contribution < 1.29 is 35.2 Å². The Kier molecular flexibility index (Phi) is 8.09. The van der Waals surface area contributed by atoms with Crippen LogP contribution in [0.15, 0.2) is 54.6 Å². The molecule has 0 saturated heterocycles. The molecule has 1 amide bonds. The average molecular weight is 528 g/mol. The zero-order valence-corrected chi connectivity index (χ0v) is 20.0. The number of sulfonamides is 1. The van der Waals surface area contributed by atoms with Crippen LogP contribution in [0.1, 0.15) is 35.2 Å². The highest BCUT2D eigenvalue weighted by Gasteiger charge is 2.33. The summed E-state index contributed by atoms with van der Waals surface area (Å²) in [5, 5.41) is 2.57. The van der Waals surface area contributed by atoms with Crippen molar-refractivity contribution in [1.29, 1.82) is 0 Å². The van der Waals surface area contributed by atoms with E-state index in [1.807, 2.05) is 0 Å². The SMILES string of the molecule is CC(C(=O)NCc1ccc(C(F)(F)F)nc1-c1ccccc1F)c1ccc(CNS(C)(=O)=O)c(F)c1. The predicted molar refractivity (Wildman–Crippen MR) is 123 cm³/mol. The van der Waals surface area contributed by atoms with E-state index in [1.54, 1.807) is 0 Å². The maximum absolute atomic E-state index is 14.4. The zero-order valence-electron chi connectivity index (χ0n) is 19.2. The number of halogens is 5. The first-order valence-corrected chi connectivity index (χ1v) is 12.5. The van der Waals surface area contributed by atoms with Gasteiger partial charge in [0.15, 0.2) is 0 Å². The van der Waals surface area contributed by atoms with Crippen molar-refractivity contribution in [3.8, 4) is 11.3 Å². The number of pyridine rings is 1. The highest BCUT2D eigenvalue weighted by molar-refractivity contribution is 7.88. The molecule has 0 bridgehead atoms. The van der Waals surface area contributed by atoms with Gasteiger partial charge >= 0.3 is 6.18 Å². The van der Waals surface area contributed by atoms with Gasteiger partial charge in [0.05, 0.1) is 17.9 Å². The lowest BCUT2D eigenvalue weighted by Crippen LogP contribution is -2.28. The molecule has 192 valence electrons. The van der Waals surface area contributed by atoms with Gasteiger partial charge in [-0.15, -0.1) is 0 Å². The topological polar surface area (TPSA) is 88.2 Å². The predicted octanol–water partition coefficient (Wildman–Crippen LogP) is 4.51. The number of rotatable bonds is 8. The van der Waals surface area contributed by atoms with Crippen LogP contribution in [0.25, 0.3) is 11.3 Å². The van der Waals surface area contributed by atoms with Crippen molar-refractivity contribution in [3.63, 3.8) is 0 Å². The van der Waals surface area contributed by atoms with E-state index in [0.29, 0.717) is 5.56 Å². The van der Waals surface area contributed by atoms with E-state index in [2.05, 4.69) is 15.0 Å². The number of nitrogens with one attached hydrogen (secondary N) is 2. The van der Waals surface area contributed by atoms with Gasteiger partial charge in [0.25, 0.3) is 0 Å². The second-order valence-corrected chi connectivity index (χ2v) is 9.90. The van der Waals surface area contributed by atoms with Gasteiger partial charge in [-0.1, -0.05) is 30.3 Å². The highest BCUT2D eigenvalue weighted by Crippen LogP contribution is 2.32. The Bertz CT molecular complexity index is 1380. The Hall–Kier alpha value is -3.38. The summed E-state index contributed by atoms with van der Waals surface area (Å²) < 4.78 is 92.9. The number of alkyl halides is 3. The van der Waals surface area contributed by atoms with Crippen molar-refractivity contribution in [2.45, 2.75) is 32.1 Å². The van der Waals surface area contributed by atoms with E-state index < -0.39 is 45.4 Å². The molecule has 2 aromatic carbocycles. The number of aromatic nitrogens is 1. The largest absolute Gasteiger partial charge is 0.433 e. The Morgan fingerprint density at radius 3 is 2.25 bits per heavy atom. The first-order chi connectivity index (χ1) is 16.8. The molecule has 0 radical (unpaired) electrons. The number of nitrogens with zero attached hydrogens (tertiary/aromatic N) is 1. The lowest BCUT2D eigenvalue weighted by atomic mass is 9.98. The summed E-state index contributed by atoms with van der Waals surface area (Å²) in [6.45, 7) is 0.989. The minimum atomic E-state index is -4.75. The molecule has 0 aliphatic carbocycles. The van der Waals surface area contributed by atoms with Crippen LogP contribution in [0.5, 0.6) is 0 Å². The monoisotopic (exact) mass is 527 g/mol. The van der Waals surface area contributed by atoms with Gasteiger partial charge in [0.1, 0.15) is 17.3 Å². The molecule has 6 nitrogen and oxygen atoms in total.